The SMILES string of the molecule is CCOC(=O)c1ccc2nc(NC(=O)c3cncc(Br)c3)sc2c1. The van der Waals surface area contributed by atoms with Gasteiger partial charge < -0.3 is 4.74 Å². The monoisotopic (exact) mass is 405 g/mol. The number of aromatic nitrogens is 2. The number of anilines is 1. The number of halogens is 1. The summed E-state index contributed by atoms with van der Waals surface area (Å²) < 4.78 is 6.50. The average molecular weight is 406 g/mol. The van der Waals surface area contributed by atoms with Gasteiger partial charge in [-0.25, -0.2) is 9.78 Å². The van der Waals surface area contributed by atoms with Crippen molar-refractivity contribution in [2.24, 2.45) is 0 Å². The minimum Gasteiger partial charge on any atom is -0.462 e. The van der Waals surface area contributed by atoms with Crippen molar-refractivity contribution >= 4 is 54.5 Å². The summed E-state index contributed by atoms with van der Waals surface area (Å²) >= 11 is 4.57. The number of amides is 1. The molecule has 0 aliphatic carbocycles. The van der Waals surface area contributed by atoms with Crippen LogP contribution in [0.4, 0.5) is 5.13 Å². The number of carbonyl (C=O) groups is 2. The minimum absolute atomic E-state index is 0.298. The smallest absolute Gasteiger partial charge is 0.338 e. The predicted octanol–water partition coefficient (Wildman–Crippen LogP) is 3.88. The number of hydrogen-bond acceptors (Lipinski definition) is 6. The molecule has 6 nitrogen and oxygen atoms in total. The van der Waals surface area contributed by atoms with E-state index in [-0.39, 0.29) is 11.9 Å². The first kappa shape index (κ1) is 16.5. The molecule has 24 heavy (non-hydrogen) atoms. The molecule has 0 bridgehead atoms. The Balaban J connectivity index is 1.83. The fraction of sp³-hybridized carbons (Fsp3) is 0.125. The number of rotatable bonds is 4. The van der Waals surface area contributed by atoms with Gasteiger partial charge in [-0.3, -0.25) is 15.1 Å². The molecule has 122 valence electrons. The van der Waals surface area contributed by atoms with Crippen LogP contribution in [-0.2, 0) is 4.74 Å². The Labute approximate surface area is 150 Å². The highest BCUT2D eigenvalue weighted by Gasteiger charge is 2.13. The van der Waals surface area contributed by atoms with Crippen LogP contribution in [0.25, 0.3) is 10.2 Å². The maximum absolute atomic E-state index is 12.2. The Morgan fingerprint density at radius 3 is 2.83 bits per heavy atom. The summed E-state index contributed by atoms with van der Waals surface area (Å²) in [7, 11) is 0. The molecule has 2 heterocycles. The van der Waals surface area contributed by atoms with Crippen LogP contribution in [0.5, 0.6) is 0 Å². The summed E-state index contributed by atoms with van der Waals surface area (Å²) in [6, 6.07) is 6.77. The van der Waals surface area contributed by atoms with Crippen molar-refractivity contribution in [1.82, 2.24) is 9.97 Å². The molecule has 1 N–H and O–H groups in total. The third-order valence-electron chi connectivity index (χ3n) is 3.09. The maximum Gasteiger partial charge on any atom is 0.338 e. The Morgan fingerprint density at radius 2 is 2.08 bits per heavy atom. The molecule has 1 aromatic carbocycles. The molecule has 0 unspecified atom stereocenters. The van der Waals surface area contributed by atoms with Gasteiger partial charge in [0.2, 0.25) is 0 Å². The lowest BCUT2D eigenvalue weighted by atomic mass is 10.2. The van der Waals surface area contributed by atoms with Crippen LogP contribution in [0.1, 0.15) is 27.6 Å². The molecule has 0 saturated carbocycles. The van der Waals surface area contributed by atoms with E-state index in [1.54, 1.807) is 37.4 Å². The lowest BCUT2D eigenvalue weighted by Gasteiger charge is -2.01. The second kappa shape index (κ2) is 7.06. The highest BCUT2D eigenvalue weighted by molar-refractivity contribution is 9.10. The van der Waals surface area contributed by atoms with Crippen LogP contribution in [0.2, 0.25) is 0 Å². The minimum atomic E-state index is -0.376. The fourth-order valence-electron chi connectivity index (χ4n) is 2.02. The number of nitrogens with one attached hydrogen (secondary N) is 1. The summed E-state index contributed by atoms with van der Waals surface area (Å²) in [5.41, 5.74) is 1.59. The van der Waals surface area contributed by atoms with Crippen molar-refractivity contribution in [3.8, 4) is 0 Å². The van der Waals surface area contributed by atoms with E-state index < -0.39 is 0 Å². The number of carbonyl (C=O) groups excluding carboxylic acids is 2. The number of benzene rings is 1. The van der Waals surface area contributed by atoms with Crippen LogP contribution < -0.4 is 5.32 Å². The zero-order valence-electron chi connectivity index (χ0n) is 12.6. The molecule has 0 atom stereocenters. The zero-order chi connectivity index (χ0) is 17.1. The van der Waals surface area contributed by atoms with E-state index >= 15 is 0 Å². The molecule has 3 rings (SSSR count). The quantitative estimate of drug-likeness (QED) is 0.665. The Morgan fingerprint density at radius 1 is 1.25 bits per heavy atom. The van der Waals surface area contributed by atoms with E-state index in [4.69, 9.17) is 4.74 Å². The molecule has 0 aliphatic rings. The van der Waals surface area contributed by atoms with Gasteiger partial charge in [0.25, 0.3) is 5.91 Å². The molecule has 0 spiro atoms. The van der Waals surface area contributed by atoms with Gasteiger partial charge in [0.15, 0.2) is 5.13 Å². The number of hydrogen-bond donors (Lipinski definition) is 1. The van der Waals surface area contributed by atoms with Gasteiger partial charge in [0.1, 0.15) is 0 Å². The van der Waals surface area contributed by atoms with Gasteiger partial charge in [-0.15, -0.1) is 0 Å². The summed E-state index contributed by atoms with van der Waals surface area (Å²) in [5.74, 6) is -0.674. The number of ether oxygens (including phenoxy) is 1. The molecular formula is C16H12BrN3O3S. The number of thiazole rings is 1. The molecule has 0 aliphatic heterocycles. The first-order chi connectivity index (χ1) is 11.6. The molecule has 1 amide bonds. The van der Waals surface area contributed by atoms with Crippen molar-refractivity contribution in [2.45, 2.75) is 6.92 Å². The number of nitrogens with zero attached hydrogens (tertiary/aromatic N) is 2. The van der Waals surface area contributed by atoms with E-state index in [1.807, 2.05) is 0 Å². The topological polar surface area (TPSA) is 81.2 Å². The molecule has 0 fully saturated rings. The van der Waals surface area contributed by atoms with Crippen LogP contribution in [0.15, 0.2) is 41.1 Å². The molecule has 0 saturated heterocycles. The van der Waals surface area contributed by atoms with Gasteiger partial charge in [-0.2, -0.15) is 0 Å². The average Bonchev–Trinajstić information content (AvgIpc) is 2.96. The lowest BCUT2D eigenvalue weighted by Crippen LogP contribution is -2.11. The Bertz CT molecular complexity index is 926. The summed E-state index contributed by atoms with van der Waals surface area (Å²) in [6.45, 7) is 2.08. The zero-order valence-corrected chi connectivity index (χ0v) is 15.0. The molecule has 3 aromatic rings. The van der Waals surface area contributed by atoms with Crippen molar-refractivity contribution in [3.05, 3.63) is 52.3 Å². The van der Waals surface area contributed by atoms with Crippen molar-refractivity contribution in [1.29, 1.82) is 0 Å². The molecule has 0 radical (unpaired) electrons. The maximum atomic E-state index is 12.2. The van der Waals surface area contributed by atoms with E-state index in [0.717, 1.165) is 9.17 Å². The first-order valence-corrected chi connectivity index (χ1v) is 8.67. The number of fused-ring (bicyclic) bond motifs is 1. The standard InChI is InChI=1S/C16H12BrN3O3S/c1-2-23-15(22)9-3-4-12-13(6-9)24-16(19-12)20-14(21)10-5-11(17)8-18-7-10/h3-8H,2H2,1H3,(H,19,20,21). The fourth-order valence-corrected chi connectivity index (χ4v) is 3.29. The summed E-state index contributed by atoms with van der Waals surface area (Å²) in [6.07, 6.45) is 3.08. The Kier molecular flexibility index (Phi) is 4.86. The summed E-state index contributed by atoms with van der Waals surface area (Å²) in [4.78, 5) is 32.3. The summed E-state index contributed by atoms with van der Waals surface area (Å²) in [5, 5.41) is 3.19. The molecular weight excluding hydrogens is 394 g/mol. The van der Waals surface area contributed by atoms with Gasteiger partial charge in [-0.05, 0) is 47.1 Å². The number of esters is 1. The van der Waals surface area contributed by atoms with E-state index in [9.17, 15) is 9.59 Å². The largest absolute Gasteiger partial charge is 0.462 e. The Hall–Kier alpha value is -2.32. The van der Waals surface area contributed by atoms with Gasteiger partial charge >= 0.3 is 5.97 Å². The third-order valence-corrected chi connectivity index (χ3v) is 4.45. The van der Waals surface area contributed by atoms with Crippen LogP contribution in [0, 0.1) is 0 Å². The normalized spacial score (nSPS) is 10.6. The number of pyridine rings is 1. The van der Waals surface area contributed by atoms with Gasteiger partial charge in [-0.1, -0.05) is 11.3 Å². The third kappa shape index (κ3) is 3.60. The van der Waals surface area contributed by atoms with Crippen molar-refractivity contribution in [2.75, 3.05) is 11.9 Å². The van der Waals surface area contributed by atoms with Crippen LogP contribution in [-0.4, -0.2) is 28.5 Å². The highest BCUT2D eigenvalue weighted by Crippen LogP contribution is 2.27. The van der Waals surface area contributed by atoms with E-state index in [1.165, 1.54) is 17.5 Å². The van der Waals surface area contributed by atoms with Gasteiger partial charge in [0.05, 0.1) is 28.0 Å². The van der Waals surface area contributed by atoms with E-state index in [0.29, 0.717) is 28.4 Å². The second-order valence-electron chi connectivity index (χ2n) is 4.77. The molecule has 2 aromatic heterocycles. The van der Waals surface area contributed by atoms with Crippen LogP contribution in [0.3, 0.4) is 0 Å². The van der Waals surface area contributed by atoms with Crippen molar-refractivity contribution < 1.29 is 14.3 Å². The lowest BCUT2D eigenvalue weighted by molar-refractivity contribution is 0.0526. The highest BCUT2D eigenvalue weighted by atomic mass is 79.9. The van der Waals surface area contributed by atoms with Gasteiger partial charge in [0, 0.05) is 16.9 Å². The predicted molar refractivity (Wildman–Crippen MR) is 95.5 cm³/mol. The molecule has 8 heteroatoms. The first-order valence-electron chi connectivity index (χ1n) is 7.06. The van der Waals surface area contributed by atoms with E-state index in [2.05, 4.69) is 31.2 Å². The van der Waals surface area contributed by atoms with Crippen LogP contribution >= 0.6 is 27.3 Å². The second-order valence-corrected chi connectivity index (χ2v) is 6.71. The van der Waals surface area contributed by atoms with Crippen molar-refractivity contribution in [3.63, 3.8) is 0 Å².